The van der Waals surface area contributed by atoms with Gasteiger partial charge in [-0.1, -0.05) is 6.92 Å². The van der Waals surface area contributed by atoms with Gasteiger partial charge in [-0.05, 0) is 30.5 Å². The second-order valence-electron chi connectivity index (χ2n) is 7.24. The Morgan fingerprint density at radius 1 is 1.29 bits per heavy atom. The van der Waals surface area contributed by atoms with Crippen LogP contribution in [0.2, 0.25) is 0 Å². The van der Waals surface area contributed by atoms with Crippen LogP contribution in [0, 0.1) is 17.2 Å². The van der Waals surface area contributed by atoms with Crippen molar-refractivity contribution in [2.24, 2.45) is 5.92 Å². The number of aromatic nitrogens is 6. The van der Waals surface area contributed by atoms with E-state index in [1.54, 1.807) is 18.5 Å². The molecule has 2 atom stereocenters. The number of fused-ring (bicyclic) bond motifs is 3. The summed E-state index contributed by atoms with van der Waals surface area (Å²) in [5, 5.41) is 21.1. The van der Waals surface area contributed by atoms with Crippen LogP contribution in [0.15, 0.2) is 35.4 Å². The molecule has 1 saturated heterocycles. The van der Waals surface area contributed by atoms with E-state index in [1.807, 2.05) is 16.8 Å². The lowest BCUT2D eigenvalue weighted by molar-refractivity contribution is 0.284. The standard InChI is InChI=1S/C19H18N8O/c1-11-5-7-26(15-3-2-12(8-20)9-22-15)10-14(11)27-17-13-4-6-21-18(13)24-23-16(17)19(28)25-27/h2-4,6,9,11,14H,5,7,10H2,1H3,(H,21,24)(H,25,28)/t11-,14+/m1/s1. The molecule has 1 fully saturated rings. The second-order valence-corrected chi connectivity index (χ2v) is 7.24. The van der Waals surface area contributed by atoms with Gasteiger partial charge in [-0.15, -0.1) is 10.2 Å². The van der Waals surface area contributed by atoms with Crippen molar-refractivity contribution in [3.05, 3.63) is 46.5 Å². The highest BCUT2D eigenvalue weighted by molar-refractivity contribution is 6.00. The number of nitriles is 1. The smallest absolute Gasteiger partial charge is 0.292 e. The SMILES string of the molecule is C[C@@H]1CCN(c2ccc(C#N)cn2)C[C@@H]1n1[nH]c(=O)c2nnc3[nH]ccc3c21. The fourth-order valence-corrected chi connectivity index (χ4v) is 4.01. The van der Waals surface area contributed by atoms with E-state index in [9.17, 15) is 4.79 Å². The maximum absolute atomic E-state index is 12.5. The van der Waals surface area contributed by atoms with Gasteiger partial charge in [0.25, 0.3) is 5.56 Å². The third-order valence-electron chi connectivity index (χ3n) is 5.58. The fourth-order valence-electron chi connectivity index (χ4n) is 4.01. The number of nitrogens with zero attached hydrogens (tertiary/aromatic N) is 6. The zero-order valence-electron chi connectivity index (χ0n) is 15.3. The number of rotatable bonds is 2. The van der Waals surface area contributed by atoms with Gasteiger partial charge in [-0.25, -0.2) is 4.98 Å². The molecule has 0 spiro atoms. The Bertz CT molecular complexity index is 1260. The predicted octanol–water partition coefficient (Wildman–Crippen LogP) is 1.96. The Morgan fingerprint density at radius 3 is 2.96 bits per heavy atom. The number of nitrogens with one attached hydrogen (secondary N) is 2. The third kappa shape index (κ3) is 2.45. The van der Waals surface area contributed by atoms with E-state index in [4.69, 9.17) is 5.26 Å². The summed E-state index contributed by atoms with van der Waals surface area (Å²) in [6, 6.07) is 7.72. The first-order valence-electron chi connectivity index (χ1n) is 9.21. The molecule has 2 N–H and O–H groups in total. The molecule has 9 nitrogen and oxygen atoms in total. The van der Waals surface area contributed by atoms with E-state index in [1.165, 1.54) is 0 Å². The van der Waals surface area contributed by atoms with Gasteiger partial charge >= 0.3 is 0 Å². The highest BCUT2D eigenvalue weighted by Crippen LogP contribution is 2.32. The minimum atomic E-state index is -0.230. The van der Waals surface area contributed by atoms with Gasteiger partial charge < -0.3 is 9.88 Å². The minimum absolute atomic E-state index is 0.0543. The predicted molar refractivity (Wildman–Crippen MR) is 104 cm³/mol. The fraction of sp³-hybridized carbons (Fsp3) is 0.316. The van der Waals surface area contributed by atoms with Crippen LogP contribution in [0.25, 0.3) is 22.1 Å². The Balaban J connectivity index is 1.58. The van der Waals surface area contributed by atoms with Gasteiger partial charge in [-0.2, -0.15) is 5.26 Å². The number of hydrogen-bond acceptors (Lipinski definition) is 6. The van der Waals surface area contributed by atoms with Crippen molar-refractivity contribution in [1.29, 1.82) is 5.26 Å². The van der Waals surface area contributed by atoms with Crippen LogP contribution < -0.4 is 10.5 Å². The summed E-state index contributed by atoms with van der Waals surface area (Å²) in [7, 11) is 0. The number of hydrogen-bond donors (Lipinski definition) is 2. The van der Waals surface area contributed by atoms with E-state index < -0.39 is 0 Å². The summed E-state index contributed by atoms with van der Waals surface area (Å²) in [5.74, 6) is 1.20. The van der Waals surface area contributed by atoms with Crippen molar-refractivity contribution in [3.8, 4) is 6.07 Å². The molecule has 0 unspecified atom stereocenters. The van der Waals surface area contributed by atoms with Crippen LogP contribution in [0.5, 0.6) is 0 Å². The van der Waals surface area contributed by atoms with Gasteiger partial charge in [0.2, 0.25) is 0 Å². The molecule has 0 amide bonds. The lowest BCUT2D eigenvalue weighted by atomic mass is 9.93. The number of H-pyrrole nitrogens is 2. The molecular formula is C19H18N8O. The van der Waals surface area contributed by atoms with Crippen LogP contribution in [0.3, 0.4) is 0 Å². The molecule has 5 rings (SSSR count). The first-order valence-corrected chi connectivity index (χ1v) is 9.21. The quantitative estimate of drug-likeness (QED) is 0.553. The Morgan fingerprint density at radius 2 is 2.18 bits per heavy atom. The molecule has 1 aliphatic rings. The molecule has 0 saturated carbocycles. The molecule has 1 aliphatic heterocycles. The van der Waals surface area contributed by atoms with Crippen LogP contribution in [0.4, 0.5) is 5.82 Å². The summed E-state index contributed by atoms with van der Waals surface area (Å²) in [6.07, 6.45) is 4.36. The summed E-state index contributed by atoms with van der Waals surface area (Å²) in [5.41, 5.74) is 2.11. The van der Waals surface area contributed by atoms with Gasteiger partial charge in [0.1, 0.15) is 17.4 Å². The highest BCUT2D eigenvalue weighted by Gasteiger charge is 2.31. The van der Waals surface area contributed by atoms with Crippen molar-refractivity contribution in [3.63, 3.8) is 0 Å². The molecular weight excluding hydrogens is 356 g/mol. The maximum Gasteiger partial charge on any atom is 0.292 e. The van der Waals surface area contributed by atoms with Crippen LogP contribution in [0.1, 0.15) is 24.9 Å². The third-order valence-corrected chi connectivity index (χ3v) is 5.58. The van der Waals surface area contributed by atoms with Crippen LogP contribution >= 0.6 is 0 Å². The first kappa shape index (κ1) is 16.5. The molecule has 0 bridgehead atoms. The lowest BCUT2D eigenvalue weighted by Gasteiger charge is -2.38. The van der Waals surface area contributed by atoms with E-state index >= 15 is 0 Å². The monoisotopic (exact) mass is 374 g/mol. The molecule has 5 heterocycles. The molecule has 4 aromatic rings. The Hall–Kier alpha value is -3.67. The first-order chi connectivity index (χ1) is 13.7. The zero-order chi connectivity index (χ0) is 19.3. The van der Waals surface area contributed by atoms with Crippen molar-refractivity contribution < 1.29 is 0 Å². The highest BCUT2D eigenvalue weighted by atomic mass is 16.1. The number of pyridine rings is 1. The Kier molecular flexibility index (Phi) is 3.65. The molecule has 0 radical (unpaired) electrons. The van der Waals surface area contributed by atoms with Crippen LogP contribution in [-0.2, 0) is 0 Å². The van der Waals surface area contributed by atoms with E-state index in [-0.39, 0.29) is 11.6 Å². The van der Waals surface area contributed by atoms with Gasteiger partial charge in [0.15, 0.2) is 11.2 Å². The van der Waals surface area contributed by atoms with E-state index in [0.717, 1.165) is 29.7 Å². The van der Waals surface area contributed by atoms with E-state index in [2.05, 4.69) is 43.2 Å². The molecule has 140 valence electrons. The molecule has 4 aromatic heterocycles. The van der Waals surface area contributed by atoms with Crippen molar-refractivity contribution in [2.75, 3.05) is 18.0 Å². The van der Waals surface area contributed by atoms with Gasteiger partial charge in [0, 0.05) is 30.9 Å². The summed E-state index contributed by atoms with van der Waals surface area (Å²) in [4.78, 5) is 22.2. The summed E-state index contributed by atoms with van der Waals surface area (Å²) < 4.78 is 1.95. The lowest BCUT2D eigenvalue weighted by Crippen LogP contribution is -2.41. The average molecular weight is 374 g/mol. The zero-order valence-corrected chi connectivity index (χ0v) is 15.3. The average Bonchev–Trinajstić information content (AvgIpc) is 3.33. The van der Waals surface area contributed by atoms with E-state index in [0.29, 0.717) is 29.2 Å². The Labute approximate surface area is 159 Å². The molecule has 0 aliphatic carbocycles. The molecule has 0 aromatic carbocycles. The second kappa shape index (κ2) is 6.20. The topological polar surface area (TPSA) is 119 Å². The van der Waals surface area contributed by atoms with Crippen LogP contribution in [-0.4, -0.2) is 43.0 Å². The minimum Gasteiger partial charge on any atom is -0.354 e. The molecule has 9 heteroatoms. The summed E-state index contributed by atoms with van der Waals surface area (Å²) in [6.45, 7) is 3.77. The largest absolute Gasteiger partial charge is 0.354 e. The van der Waals surface area contributed by atoms with Gasteiger partial charge in [-0.3, -0.25) is 14.6 Å². The van der Waals surface area contributed by atoms with Crippen molar-refractivity contribution in [1.82, 2.24) is 29.9 Å². The number of piperidine rings is 1. The van der Waals surface area contributed by atoms with Crippen molar-refractivity contribution >= 4 is 27.9 Å². The number of anilines is 1. The van der Waals surface area contributed by atoms with Gasteiger partial charge in [0.05, 0.1) is 11.6 Å². The normalized spacial score (nSPS) is 19.9. The maximum atomic E-state index is 12.5. The number of aromatic amines is 2. The summed E-state index contributed by atoms with van der Waals surface area (Å²) >= 11 is 0. The molecule has 28 heavy (non-hydrogen) atoms. The van der Waals surface area contributed by atoms with Crippen molar-refractivity contribution in [2.45, 2.75) is 19.4 Å².